The van der Waals surface area contributed by atoms with E-state index in [4.69, 9.17) is 11.6 Å². The van der Waals surface area contributed by atoms with Gasteiger partial charge in [-0.2, -0.15) is 0 Å². The zero-order valence-electron chi connectivity index (χ0n) is 8.26. The monoisotopic (exact) mass is 197 g/mol. The summed E-state index contributed by atoms with van der Waals surface area (Å²) in [6.07, 6.45) is 1.10. The molecule has 0 radical (unpaired) electrons. The summed E-state index contributed by atoms with van der Waals surface area (Å²) >= 11 is 5.66. The van der Waals surface area contributed by atoms with Crippen molar-refractivity contribution in [3.8, 4) is 0 Å². The molecule has 0 amide bonds. The zero-order chi connectivity index (χ0) is 9.68. The maximum absolute atomic E-state index is 5.66. The third-order valence-electron chi connectivity index (χ3n) is 2.21. The Labute approximate surface area is 85.3 Å². The second-order valence-electron chi connectivity index (χ2n) is 3.13. The molecule has 1 nitrogen and oxygen atoms in total. The van der Waals surface area contributed by atoms with Gasteiger partial charge in [-0.05, 0) is 24.1 Å². The topological polar surface area (TPSA) is 3.24 Å². The van der Waals surface area contributed by atoms with Gasteiger partial charge in [-0.3, -0.25) is 0 Å². The highest BCUT2D eigenvalue weighted by atomic mass is 35.5. The van der Waals surface area contributed by atoms with Crippen LogP contribution in [0.2, 0.25) is 0 Å². The number of anilines is 1. The van der Waals surface area contributed by atoms with Crippen LogP contribution < -0.4 is 4.90 Å². The Balaban J connectivity index is 2.67. The molecule has 0 N–H and O–H groups in total. The minimum Gasteiger partial charge on any atom is -0.373 e. The molecule has 0 atom stereocenters. The van der Waals surface area contributed by atoms with Crippen LogP contribution in [-0.4, -0.2) is 19.5 Å². The Morgan fingerprint density at radius 3 is 2.31 bits per heavy atom. The van der Waals surface area contributed by atoms with Gasteiger partial charge in [0, 0.05) is 25.2 Å². The lowest BCUT2D eigenvalue weighted by Crippen LogP contribution is -2.19. The summed E-state index contributed by atoms with van der Waals surface area (Å²) in [5.41, 5.74) is 2.61. The molecule has 0 saturated carbocycles. The van der Waals surface area contributed by atoms with Crippen LogP contribution in [-0.2, 0) is 6.42 Å². The van der Waals surface area contributed by atoms with E-state index in [0.29, 0.717) is 5.88 Å². The highest BCUT2D eigenvalue weighted by Crippen LogP contribution is 2.13. The Morgan fingerprint density at radius 2 is 1.85 bits per heavy atom. The van der Waals surface area contributed by atoms with Crippen LogP contribution in [0.5, 0.6) is 0 Å². The molecule has 1 aromatic carbocycles. The van der Waals surface area contributed by atoms with Gasteiger partial charge in [0.05, 0.1) is 0 Å². The van der Waals surface area contributed by atoms with Crippen LogP contribution in [0, 0.1) is 0 Å². The van der Waals surface area contributed by atoms with Crippen LogP contribution in [0.3, 0.4) is 0 Å². The molecule has 0 unspecified atom stereocenters. The van der Waals surface area contributed by atoms with E-state index in [1.807, 2.05) is 0 Å². The smallest absolute Gasteiger partial charge is 0.0399 e. The van der Waals surface area contributed by atoms with Crippen molar-refractivity contribution in [3.63, 3.8) is 0 Å². The summed E-state index contributed by atoms with van der Waals surface area (Å²) in [6.45, 7) is 3.06. The number of hydrogen-bond acceptors (Lipinski definition) is 1. The number of hydrogen-bond donors (Lipinski definition) is 0. The van der Waals surface area contributed by atoms with Crippen molar-refractivity contribution in [2.45, 2.75) is 13.3 Å². The highest BCUT2D eigenvalue weighted by Gasteiger charge is 1.98. The van der Waals surface area contributed by atoms with Crippen molar-refractivity contribution in [2.75, 3.05) is 24.4 Å². The summed E-state index contributed by atoms with van der Waals surface area (Å²) in [5.74, 6) is 0.673. The first-order valence-electron chi connectivity index (χ1n) is 4.64. The van der Waals surface area contributed by atoms with Crippen molar-refractivity contribution in [2.24, 2.45) is 0 Å². The molecule has 1 aromatic rings. The number of aryl methyl sites for hydroxylation is 1. The van der Waals surface area contributed by atoms with Gasteiger partial charge in [0.25, 0.3) is 0 Å². The maximum Gasteiger partial charge on any atom is 0.0399 e. The van der Waals surface area contributed by atoms with Gasteiger partial charge < -0.3 is 4.90 Å². The number of halogens is 1. The minimum atomic E-state index is 0.673. The fourth-order valence-corrected chi connectivity index (χ4v) is 1.50. The summed E-state index contributed by atoms with van der Waals surface area (Å²) in [7, 11) is 2.06. The average molecular weight is 198 g/mol. The predicted octanol–water partition coefficient (Wildman–Crippen LogP) is 2.92. The molecule has 0 spiro atoms. The van der Waals surface area contributed by atoms with Crippen LogP contribution in [0.25, 0.3) is 0 Å². The number of alkyl halides is 1. The molecule has 0 heterocycles. The van der Waals surface area contributed by atoms with Crippen LogP contribution in [0.15, 0.2) is 24.3 Å². The van der Waals surface area contributed by atoms with Gasteiger partial charge in [-0.25, -0.2) is 0 Å². The fraction of sp³-hybridized carbons (Fsp3) is 0.455. The van der Waals surface area contributed by atoms with Crippen molar-refractivity contribution < 1.29 is 0 Å². The van der Waals surface area contributed by atoms with E-state index in [1.54, 1.807) is 0 Å². The van der Waals surface area contributed by atoms with Crippen molar-refractivity contribution in [1.82, 2.24) is 0 Å². The molecular formula is C11H16ClN. The first-order chi connectivity index (χ1) is 6.27. The van der Waals surface area contributed by atoms with Gasteiger partial charge in [0.15, 0.2) is 0 Å². The maximum atomic E-state index is 5.66. The van der Waals surface area contributed by atoms with E-state index in [-0.39, 0.29) is 0 Å². The summed E-state index contributed by atoms with van der Waals surface area (Å²) in [5, 5.41) is 0. The lowest BCUT2D eigenvalue weighted by Gasteiger charge is -2.17. The van der Waals surface area contributed by atoms with E-state index in [0.717, 1.165) is 13.0 Å². The lowest BCUT2D eigenvalue weighted by molar-refractivity contribution is 0.971. The third kappa shape index (κ3) is 2.92. The molecule has 2 heteroatoms. The molecule has 72 valence electrons. The highest BCUT2D eigenvalue weighted by molar-refractivity contribution is 6.18. The minimum absolute atomic E-state index is 0.673. The Kier molecular flexibility index (Phi) is 4.10. The Bertz CT molecular complexity index is 243. The Morgan fingerprint density at radius 1 is 1.23 bits per heavy atom. The first kappa shape index (κ1) is 10.4. The van der Waals surface area contributed by atoms with Gasteiger partial charge >= 0.3 is 0 Å². The van der Waals surface area contributed by atoms with E-state index in [9.17, 15) is 0 Å². The summed E-state index contributed by atoms with van der Waals surface area (Å²) in [4.78, 5) is 2.16. The summed E-state index contributed by atoms with van der Waals surface area (Å²) in [6, 6.07) is 8.62. The first-order valence-corrected chi connectivity index (χ1v) is 5.17. The van der Waals surface area contributed by atoms with Gasteiger partial charge in [-0.15, -0.1) is 11.6 Å². The van der Waals surface area contributed by atoms with E-state index >= 15 is 0 Å². The molecule has 1 rings (SSSR count). The molecule has 0 saturated heterocycles. The third-order valence-corrected chi connectivity index (χ3v) is 2.37. The lowest BCUT2D eigenvalue weighted by atomic mass is 10.1. The molecule has 13 heavy (non-hydrogen) atoms. The molecule has 0 bridgehead atoms. The van der Waals surface area contributed by atoms with Crippen LogP contribution >= 0.6 is 11.6 Å². The van der Waals surface area contributed by atoms with E-state index in [2.05, 4.69) is 43.1 Å². The predicted molar refractivity (Wildman–Crippen MR) is 59.8 cm³/mol. The summed E-state index contributed by atoms with van der Waals surface area (Å²) < 4.78 is 0. The standard InChI is InChI=1S/C11H16ClN/c1-3-10-4-6-11(7-5-10)13(2)9-8-12/h4-7H,3,8-9H2,1-2H3. The van der Waals surface area contributed by atoms with E-state index < -0.39 is 0 Å². The molecule has 0 aliphatic rings. The molecule has 0 fully saturated rings. The van der Waals surface area contributed by atoms with Crippen LogP contribution in [0.1, 0.15) is 12.5 Å². The molecular weight excluding hydrogens is 182 g/mol. The Hall–Kier alpha value is -0.690. The van der Waals surface area contributed by atoms with Crippen molar-refractivity contribution >= 4 is 17.3 Å². The van der Waals surface area contributed by atoms with Crippen LogP contribution in [0.4, 0.5) is 5.69 Å². The van der Waals surface area contributed by atoms with Gasteiger partial charge in [-0.1, -0.05) is 19.1 Å². The number of rotatable bonds is 4. The molecule has 0 aliphatic carbocycles. The number of nitrogens with zero attached hydrogens (tertiary/aromatic N) is 1. The molecule has 0 aliphatic heterocycles. The van der Waals surface area contributed by atoms with Gasteiger partial charge in [0.1, 0.15) is 0 Å². The average Bonchev–Trinajstić information content (AvgIpc) is 2.18. The van der Waals surface area contributed by atoms with Gasteiger partial charge in [0.2, 0.25) is 0 Å². The van der Waals surface area contributed by atoms with Crippen molar-refractivity contribution in [1.29, 1.82) is 0 Å². The normalized spacial score (nSPS) is 10.1. The largest absolute Gasteiger partial charge is 0.373 e. The molecule has 0 aromatic heterocycles. The van der Waals surface area contributed by atoms with E-state index in [1.165, 1.54) is 11.3 Å². The fourth-order valence-electron chi connectivity index (χ4n) is 1.24. The zero-order valence-corrected chi connectivity index (χ0v) is 9.01. The number of benzene rings is 1. The second-order valence-corrected chi connectivity index (χ2v) is 3.51. The van der Waals surface area contributed by atoms with Crippen molar-refractivity contribution in [3.05, 3.63) is 29.8 Å². The second kappa shape index (κ2) is 5.13. The SMILES string of the molecule is CCc1ccc(N(C)CCCl)cc1. The quantitative estimate of drug-likeness (QED) is 0.671.